The largest absolute Gasteiger partial charge is 0.437 e. The van der Waals surface area contributed by atoms with E-state index in [-0.39, 0.29) is 5.02 Å². The lowest BCUT2D eigenvalue weighted by atomic mass is 10.3. The predicted octanol–water partition coefficient (Wildman–Crippen LogP) is 4.28. The molecule has 0 bridgehead atoms. The molecular weight excluding hydrogens is 275 g/mol. The number of ether oxygens (including phenoxy) is 1. The van der Waals surface area contributed by atoms with Gasteiger partial charge >= 0.3 is 0 Å². The average molecular weight is 281 g/mol. The van der Waals surface area contributed by atoms with E-state index in [4.69, 9.17) is 16.3 Å². The summed E-state index contributed by atoms with van der Waals surface area (Å²) in [6.45, 7) is 0. The van der Waals surface area contributed by atoms with Crippen molar-refractivity contribution in [1.29, 1.82) is 0 Å². The Bertz CT molecular complexity index is 716. The van der Waals surface area contributed by atoms with Crippen molar-refractivity contribution in [3.63, 3.8) is 0 Å². The number of rotatable bonds is 2. The highest BCUT2D eigenvalue weighted by Gasteiger charge is 2.08. The maximum atomic E-state index is 13.3. The summed E-state index contributed by atoms with van der Waals surface area (Å²) in [7, 11) is 0. The third-order valence-corrected chi connectivity index (χ3v) is 3.51. The molecule has 0 saturated carbocycles. The predicted molar refractivity (Wildman–Crippen MR) is 68.9 cm³/mol. The van der Waals surface area contributed by atoms with Gasteiger partial charge in [-0.3, -0.25) is 0 Å². The zero-order valence-corrected chi connectivity index (χ0v) is 10.5. The molecule has 0 unspecified atom stereocenters. The van der Waals surface area contributed by atoms with Crippen molar-refractivity contribution in [1.82, 2.24) is 9.97 Å². The Morgan fingerprint density at radius 3 is 2.94 bits per heavy atom. The fourth-order valence-corrected chi connectivity index (χ4v) is 2.38. The summed E-state index contributed by atoms with van der Waals surface area (Å²) in [5.74, 6) is 0.243. The van der Waals surface area contributed by atoms with Crippen LogP contribution in [-0.4, -0.2) is 9.97 Å². The number of hydrogen-bond donors (Lipinski definition) is 0. The number of aromatic nitrogens is 2. The molecule has 0 N–H and O–H groups in total. The minimum atomic E-state index is -0.523. The number of benzene rings is 1. The number of nitrogens with zero attached hydrogens (tertiary/aromatic N) is 2. The monoisotopic (exact) mass is 280 g/mol. The van der Waals surface area contributed by atoms with Crippen LogP contribution in [-0.2, 0) is 0 Å². The Morgan fingerprint density at radius 2 is 2.11 bits per heavy atom. The first-order valence-corrected chi connectivity index (χ1v) is 6.31. The van der Waals surface area contributed by atoms with Crippen LogP contribution in [0.5, 0.6) is 11.6 Å². The van der Waals surface area contributed by atoms with E-state index in [2.05, 4.69) is 9.97 Å². The first-order chi connectivity index (χ1) is 8.74. The maximum Gasteiger partial charge on any atom is 0.240 e. The summed E-state index contributed by atoms with van der Waals surface area (Å²) in [6, 6.07) is 6.13. The topological polar surface area (TPSA) is 35.0 Å². The lowest BCUT2D eigenvalue weighted by Crippen LogP contribution is -1.90. The Morgan fingerprint density at radius 1 is 1.22 bits per heavy atom. The summed E-state index contributed by atoms with van der Waals surface area (Å²) in [6.07, 6.45) is 1.41. The van der Waals surface area contributed by atoms with E-state index >= 15 is 0 Å². The number of thiophene rings is 1. The van der Waals surface area contributed by atoms with Crippen molar-refractivity contribution in [2.24, 2.45) is 0 Å². The summed E-state index contributed by atoms with van der Waals surface area (Å²) in [5, 5.41) is 1.96. The van der Waals surface area contributed by atoms with Crippen molar-refractivity contribution < 1.29 is 9.13 Å². The molecule has 3 aromatic rings. The van der Waals surface area contributed by atoms with E-state index in [0.29, 0.717) is 11.6 Å². The molecule has 90 valence electrons. The number of halogens is 2. The van der Waals surface area contributed by atoms with Crippen LogP contribution in [0, 0.1) is 5.82 Å². The first-order valence-electron chi connectivity index (χ1n) is 5.05. The van der Waals surface area contributed by atoms with Gasteiger partial charge in [0.15, 0.2) is 0 Å². The van der Waals surface area contributed by atoms with Gasteiger partial charge in [-0.15, -0.1) is 11.3 Å². The number of fused-ring (bicyclic) bond motifs is 1. The van der Waals surface area contributed by atoms with Crippen molar-refractivity contribution in [2.75, 3.05) is 0 Å². The molecule has 2 heterocycles. The zero-order valence-electron chi connectivity index (χ0n) is 8.93. The van der Waals surface area contributed by atoms with Crippen molar-refractivity contribution in [3.8, 4) is 11.6 Å². The smallest absolute Gasteiger partial charge is 0.240 e. The fourth-order valence-electron chi connectivity index (χ4n) is 1.49. The van der Waals surface area contributed by atoms with Crippen LogP contribution >= 0.6 is 22.9 Å². The van der Waals surface area contributed by atoms with Gasteiger partial charge in [-0.25, -0.2) is 14.4 Å². The van der Waals surface area contributed by atoms with Gasteiger partial charge < -0.3 is 4.74 Å². The molecule has 3 rings (SSSR count). The van der Waals surface area contributed by atoms with Crippen LogP contribution in [0.3, 0.4) is 0 Å². The van der Waals surface area contributed by atoms with Gasteiger partial charge in [0, 0.05) is 6.07 Å². The van der Waals surface area contributed by atoms with Crippen LogP contribution < -0.4 is 4.74 Å². The third-order valence-electron chi connectivity index (χ3n) is 2.32. The summed E-state index contributed by atoms with van der Waals surface area (Å²) in [4.78, 5) is 8.15. The molecule has 0 radical (unpaired) electrons. The zero-order chi connectivity index (χ0) is 12.5. The second-order valence-corrected chi connectivity index (χ2v) is 4.82. The summed E-state index contributed by atoms with van der Waals surface area (Å²) < 4.78 is 19.7. The maximum absolute atomic E-state index is 13.3. The van der Waals surface area contributed by atoms with E-state index in [0.717, 1.165) is 10.2 Å². The van der Waals surface area contributed by atoms with Crippen molar-refractivity contribution >= 4 is 33.2 Å². The van der Waals surface area contributed by atoms with Crippen molar-refractivity contribution in [3.05, 3.63) is 46.8 Å². The van der Waals surface area contributed by atoms with Crippen LogP contribution in [0.1, 0.15) is 0 Å². The molecular formula is C12H6ClFN2OS. The second-order valence-electron chi connectivity index (χ2n) is 3.49. The van der Waals surface area contributed by atoms with Crippen LogP contribution in [0.15, 0.2) is 36.0 Å². The standard InChI is InChI=1S/C12H6ClFN2OS/c13-8-2-1-7(5-9(8)14)17-12-11-10(3-4-18-11)15-6-16-12/h1-6H. The fraction of sp³-hybridized carbons (Fsp3) is 0. The van der Waals surface area contributed by atoms with Gasteiger partial charge in [0.2, 0.25) is 5.88 Å². The van der Waals surface area contributed by atoms with Crippen LogP contribution in [0.2, 0.25) is 5.02 Å². The molecule has 0 aliphatic heterocycles. The van der Waals surface area contributed by atoms with E-state index in [9.17, 15) is 4.39 Å². The minimum absolute atomic E-state index is 0.0614. The molecule has 6 heteroatoms. The lowest BCUT2D eigenvalue weighted by Gasteiger charge is -2.05. The minimum Gasteiger partial charge on any atom is -0.437 e. The van der Waals surface area contributed by atoms with Crippen LogP contribution in [0.4, 0.5) is 4.39 Å². The van der Waals surface area contributed by atoms with Crippen LogP contribution in [0.25, 0.3) is 10.2 Å². The van der Waals surface area contributed by atoms with E-state index in [1.807, 2.05) is 11.4 Å². The number of hydrogen-bond acceptors (Lipinski definition) is 4. The van der Waals surface area contributed by atoms with E-state index in [1.165, 1.54) is 29.8 Å². The molecule has 3 nitrogen and oxygen atoms in total. The van der Waals surface area contributed by atoms with Gasteiger partial charge in [-0.05, 0) is 23.6 Å². The third kappa shape index (κ3) is 2.02. The molecule has 0 saturated heterocycles. The van der Waals surface area contributed by atoms with Gasteiger partial charge in [0.05, 0.1) is 10.5 Å². The van der Waals surface area contributed by atoms with E-state index in [1.54, 1.807) is 6.07 Å². The highest BCUT2D eigenvalue weighted by Crippen LogP contribution is 2.31. The highest BCUT2D eigenvalue weighted by molar-refractivity contribution is 7.17. The first kappa shape index (κ1) is 11.4. The quantitative estimate of drug-likeness (QED) is 0.703. The lowest BCUT2D eigenvalue weighted by molar-refractivity contribution is 0.464. The van der Waals surface area contributed by atoms with E-state index < -0.39 is 5.82 Å². The Hall–Kier alpha value is -1.72. The normalized spacial score (nSPS) is 10.8. The molecule has 18 heavy (non-hydrogen) atoms. The average Bonchev–Trinajstić information content (AvgIpc) is 2.83. The Kier molecular flexibility index (Phi) is 2.85. The van der Waals surface area contributed by atoms with Crippen molar-refractivity contribution in [2.45, 2.75) is 0 Å². The molecule has 0 atom stereocenters. The van der Waals surface area contributed by atoms with Gasteiger partial charge in [0.1, 0.15) is 22.6 Å². The summed E-state index contributed by atoms with van der Waals surface area (Å²) >= 11 is 7.08. The second kappa shape index (κ2) is 4.51. The summed E-state index contributed by atoms with van der Waals surface area (Å²) in [5.41, 5.74) is 0.805. The SMILES string of the molecule is Fc1cc(Oc2ncnc3ccsc23)ccc1Cl. The molecule has 0 aliphatic rings. The highest BCUT2D eigenvalue weighted by atomic mass is 35.5. The van der Waals surface area contributed by atoms with Gasteiger partial charge in [-0.1, -0.05) is 11.6 Å². The molecule has 1 aromatic carbocycles. The Balaban J connectivity index is 2.01. The molecule has 0 fully saturated rings. The van der Waals surface area contributed by atoms with Gasteiger partial charge in [0.25, 0.3) is 0 Å². The molecule has 0 amide bonds. The van der Waals surface area contributed by atoms with Gasteiger partial charge in [-0.2, -0.15) is 0 Å². The molecule has 2 aromatic heterocycles. The Labute approximate surface area is 111 Å². The molecule has 0 spiro atoms. The molecule has 0 aliphatic carbocycles.